The van der Waals surface area contributed by atoms with Crippen LogP contribution in [-0.2, 0) is 6.42 Å². The van der Waals surface area contributed by atoms with Crippen LogP contribution in [0.3, 0.4) is 0 Å². The molecule has 0 N–H and O–H groups in total. The fraction of sp³-hybridized carbons (Fsp3) is 0.750. The largest absolute Gasteiger partial charge is 0.494 e. The number of azo groups is 1. The van der Waals surface area contributed by atoms with Gasteiger partial charge in [0.1, 0.15) is 5.75 Å². The normalized spacial score (nSPS) is 11.6. The fourth-order valence-corrected chi connectivity index (χ4v) is 9.20. The standard InChI is InChI=1S/C48H82N2OS2/c1-3-5-7-9-10-11-12-13-14-15-16-18-21-24-27-31-43-52-53-44-32-28-25-22-19-17-20-23-26-30-42-51-48-40-38-47(39-41-48)50-49-46-36-34-45(35-37-46)33-29-8-6-4-2/h34-41H,3-33,42-44H2,1-2H3/b50-49+. The number of hydrogen-bond acceptors (Lipinski definition) is 5. The van der Waals surface area contributed by atoms with Crippen LogP contribution < -0.4 is 4.74 Å². The van der Waals surface area contributed by atoms with E-state index in [0.29, 0.717) is 0 Å². The quantitative estimate of drug-likeness (QED) is 0.0386. The first-order chi connectivity index (χ1) is 26.3. The summed E-state index contributed by atoms with van der Waals surface area (Å²) >= 11 is 0. The molecule has 5 heteroatoms. The topological polar surface area (TPSA) is 34.0 Å². The Labute approximate surface area is 337 Å². The molecular formula is C48H82N2OS2. The zero-order valence-corrected chi connectivity index (χ0v) is 36.4. The second-order valence-electron chi connectivity index (χ2n) is 15.5. The van der Waals surface area contributed by atoms with E-state index in [-0.39, 0.29) is 0 Å². The number of ether oxygens (including phenoxy) is 1. The first-order valence-electron chi connectivity index (χ1n) is 22.8. The van der Waals surface area contributed by atoms with Crippen molar-refractivity contribution in [3.63, 3.8) is 0 Å². The highest BCUT2D eigenvalue weighted by molar-refractivity contribution is 8.76. The molecule has 0 amide bonds. The number of aryl methyl sites for hydroxylation is 1. The SMILES string of the molecule is CCCCCCCCCCCCCCCCCCSSCCCCCCCCCCCCOc1ccc(/N=N/c2ccc(CCCCCC)cc2)cc1. The highest BCUT2D eigenvalue weighted by atomic mass is 33.1. The van der Waals surface area contributed by atoms with Crippen molar-refractivity contribution in [2.24, 2.45) is 10.2 Å². The van der Waals surface area contributed by atoms with Crippen LogP contribution in [0.2, 0.25) is 0 Å². The monoisotopic (exact) mass is 767 g/mol. The Balaban J connectivity index is 1.26. The average Bonchev–Trinajstić information content (AvgIpc) is 3.18. The van der Waals surface area contributed by atoms with Gasteiger partial charge in [-0.3, -0.25) is 0 Å². The molecule has 0 unspecified atom stereocenters. The smallest absolute Gasteiger partial charge is 0.119 e. The molecular weight excluding hydrogens is 685 g/mol. The molecule has 0 atom stereocenters. The molecule has 302 valence electrons. The van der Waals surface area contributed by atoms with Crippen LogP contribution >= 0.6 is 21.6 Å². The van der Waals surface area contributed by atoms with E-state index < -0.39 is 0 Å². The number of nitrogens with zero attached hydrogens (tertiary/aromatic N) is 2. The minimum Gasteiger partial charge on any atom is -0.494 e. The minimum atomic E-state index is 0.793. The number of rotatable bonds is 39. The molecule has 0 aliphatic heterocycles. The maximum atomic E-state index is 5.97. The highest BCUT2D eigenvalue weighted by Crippen LogP contribution is 2.26. The van der Waals surface area contributed by atoms with E-state index in [1.807, 2.05) is 24.3 Å². The van der Waals surface area contributed by atoms with Gasteiger partial charge in [-0.15, -0.1) is 0 Å². The predicted molar refractivity (Wildman–Crippen MR) is 241 cm³/mol. The third kappa shape index (κ3) is 30.4. The van der Waals surface area contributed by atoms with Gasteiger partial charge >= 0.3 is 0 Å². The maximum Gasteiger partial charge on any atom is 0.119 e. The summed E-state index contributed by atoms with van der Waals surface area (Å²) in [6.07, 6.45) is 43.2. The second kappa shape index (κ2) is 37.5. The molecule has 0 spiro atoms. The van der Waals surface area contributed by atoms with Crippen molar-refractivity contribution in [2.45, 2.75) is 213 Å². The summed E-state index contributed by atoms with van der Waals surface area (Å²) in [5.74, 6) is 3.62. The Kier molecular flexibility index (Phi) is 33.7. The van der Waals surface area contributed by atoms with E-state index >= 15 is 0 Å². The molecule has 2 aromatic carbocycles. The van der Waals surface area contributed by atoms with Crippen molar-refractivity contribution in [3.05, 3.63) is 54.1 Å². The molecule has 0 saturated carbocycles. The Morgan fingerprint density at radius 1 is 0.377 bits per heavy atom. The molecule has 0 saturated heterocycles. The first kappa shape index (κ1) is 47.7. The zero-order chi connectivity index (χ0) is 37.5. The highest BCUT2D eigenvalue weighted by Gasteiger charge is 2.00. The molecule has 0 aromatic heterocycles. The minimum absolute atomic E-state index is 0.793. The summed E-state index contributed by atoms with van der Waals surface area (Å²) in [5, 5.41) is 8.82. The van der Waals surface area contributed by atoms with Gasteiger partial charge in [-0.1, -0.05) is 215 Å². The van der Waals surface area contributed by atoms with E-state index in [4.69, 9.17) is 4.74 Å². The average molecular weight is 767 g/mol. The lowest BCUT2D eigenvalue weighted by Crippen LogP contribution is -1.96. The summed E-state index contributed by atoms with van der Waals surface area (Å²) < 4.78 is 5.97. The third-order valence-electron chi connectivity index (χ3n) is 10.4. The fourth-order valence-electron chi connectivity index (χ4n) is 6.90. The molecule has 0 heterocycles. The van der Waals surface area contributed by atoms with E-state index in [1.165, 1.54) is 203 Å². The van der Waals surface area contributed by atoms with Gasteiger partial charge in [0.25, 0.3) is 0 Å². The van der Waals surface area contributed by atoms with Gasteiger partial charge in [-0.05, 0) is 74.1 Å². The van der Waals surface area contributed by atoms with Gasteiger partial charge in [0.15, 0.2) is 0 Å². The number of hydrogen-bond donors (Lipinski definition) is 0. The Morgan fingerprint density at radius 2 is 0.717 bits per heavy atom. The van der Waals surface area contributed by atoms with Crippen LogP contribution in [0.4, 0.5) is 11.4 Å². The summed E-state index contributed by atoms with van der Waals surface area (Å²) in [6, 6.07) is 16.5. The van der Waals surface area contributed by atoms with Gasteiger partial charge in [0.2, 0.25) is 0 Å². The molecule has 0 aliphatic carbocycles. The van der Waals surface area contributed by atoms with Crippen molar-refractivity contribution in [1.82, 2.24) is 0 Å². The molecule has 2 aromatic rings. The second-order valence-corrected chi connectivity index (χ2v) is 18.2. The van der Waals surface area contributed by atoms with Crippen molar-refractivity contribution < 1.29 is 4.74 Å². The Morgan fingerprint density at radius 3 is 1.13 bits per heavy atom. The van der Waals surface area contributed by atoms with E-state index in [0.717, 1.165) is 36.6 Å². The van der Waals surface area contributed by atoms with Crippen LogP contribution in [-0.4, -0.2) is 18.1 Å². The van der Waals surface area contributed by atoms with Gasteiger partial charge in [-0.2, -0.15) is 10.2 Å². The van der Waals surface area contributed by atoms with Crippen LogP contribution in [0.1, 0.15) is 212 Å². The van der Waals surface area contributed by atoms with Crippen molar-refractivity contribution in [1.29, 1.82) is 0 Å². The number of unbranched alkanes of at least 4 members (excludes halogenated alkanes) is 27. The molecule has 0 radical (unpaired) electrons. The summed E-state index contributed by atoms with van der Waals surface area (Å²) in [6.45, 7) is 5.35. The Hall–Kier alpha value is -1.46. The summed E-state index contributed by atoms with van der Waals surface area (Å²) in [7, 11) is 4.25. The van der Waals surface area contributed by atoms with Gasteiger partial charge in [0, 0.05) is 11.5 Å². The lowest BCUT2D eigenvalue weighted by Gasteiger charge is -2.06. The lowest BCUT2D eigenvalue weighted by molar-refractivity contribution is 0.304. The van der Waals surface area contributed by atoms with Gasteiger partial charge in [-0.25, -0.2) is 0 Å². The summed E-state index contributed by atoms with van der Waals surface area (Å²) in [4.78, 5) is 0. The zero-order valence-electron chi connectivity index (χ0n) is 34.8. The molecule has 53 heavy (non-hydrogen) atoms. The lowest BCUT2D eigenvalue weighted by atomic mass is 10.0. The van der Waals surface area contributed by atoms with Gasteiger partial charge in [0.05, 0.1) is 18.0 Å². The van der Waals surface area contributed by atoms with Crippen LogP contribution in [0, 0.1) is 0 Å². The van der Waals surface area contributed by atoms with Crippen LogP contribution in [0.25, 0.3) is 0 Å². The van der Waals surface area contributed by atoms with E-state index in [1.54, 1.807) is 0 Å². The predicted octanol–water partition coefficient (Wildman–Crippen LogP) is 18.1. The van der Waals surface area contributed by atoms with Gasteiger partial charge < -0.3 is 4.74 Å². The first-order valence-corrected chi connectivity index (χ1v) is 25.3. The van der Waals surface area contributed by atoms with Crippen molar-refractivity contribution in [3.8, 4) is 5.75 Å². The molecule has 0 bridgehead atoms. The molecule has 3 nitrogen and oxygen atoms in total. The summed E-state index contributed by atoms with van der Waals surface area (Å²) in [5.41, 5.74) is 3.14. The number of benzene rings is 2. The van der Waals surface area contributed by atoms with Crippen molar-refractivity contribution in [2.75, 3.05) is 18.1 Å². The third-order valence-corrected chi connectivity index (χ3v) is 13.0. The Bertz CT molecular complexity index is 1060. The molecule has 0 aliphatic rings. The molecule has 0 fully saturated rings. The molecule has 2 rings (SSSR count). The van der Waals surface area contributed by atoms with Crippen LogP contribution in [0.5, 0.6) is 5.75 Å². The van der Waals surface area contributed by atoms with E-state index in [2.05, 4.69) is 69.9 Å². The van der Waals surface area contributed by atoms with Crippen molar-refractivity contribution >= 4 is 33.0 Å². The maximum absolute atomic E-state index is 5.97. The van der Waals surface area contributed by atoms with Crippen LogP contribution in [0.15, 0.2) is 58.8 Å². The van der Waals surface area contributed by atoms with E-state index in [9.17, 15) is 0 Å².